The summed E-state index contributed by atoms with van der Waals surface area (Å²) in [6.45, 7) is 1.60. The Morgan fingerprint density at radius 2 is 1.80 bits per heavy atom. The summed E-state index contributed by atoms with van der Waals surface area (Å²) in [6.07, 6.45) is -0.162. The Bertz CT molecular complexity index is 1260. The predicted octanol–water partition coefficient (Wildman–Crippen LogP) is 2.53. The molecule has 0 fully saturated rings. The number of allylic oxidation sites excluding steroid dienone is 1. The Hall–Kier alpha value is -4.26. The minimum absolute atomic E-state index is 0.0232. The first-order chi connectivity index (χ1) is 14.1. The highest BCUT2D eigenvalue weighted by Crippen LogP contribution is 2.54. The van der Waals surface area contributed by atoms with Crippen LogP contribution in [0.1, 0.15) is 50.2 Å². The van der Waals surface area contributed by atoms with Gasteiger partial charge < -0.3 is 31.3 Å². The molecule has 10 heteroatoms. The molecule has 2 aromatic carbocycles. The Morgan fingerprint density at radius 3 is 2.40 bits per heavy atom. The number of Topliss-reactive ketones (excluding diaryl/α,β-unsaturated/α-hetero) is 1. The summed E-state index contributed by atoms with van der Waals surface area (Å²) in [6, 6.07) is 2.06. The number of benzene rings is 2. The van der Waals surface area contributed by atoms with Crippen LogP contribution >= 0.6 is 0 Å². The van der Waals surface area contributed by atoms with Gasteiger partial charge >= 0.3 is 5.69 Å². The van der Waals surface area contributed by atoms with Crippen molar-refractivity contribution in [1.82, 2.24) is 0 Å². The lowest BCUT2D eigenvalue weighted by molar-refractivity contribution is 0.0920. The number of phenolic OH excluding ortho intramolecular Hbond substituents is 2. The van der Waals surface area contributed by atoms with E-state index in [9.17, 15) is 35.1 Å². The summed E-state index contributed by atoms with van der Waals surface area (Å²) in [4.78, 5) is 27.7. The van der Waals surface area contributed by atoms with Gasteiger partial charge in [-0.05, 0) is 18.1 Å². The third-order valence-corrected chi connectivity index (χ3v) is 5.81. The second kappa shape index (κ2) is 6.12. The molecule has 2 unspecified atom stereocenters. The number of carbonyl (C=O) groups is 2. The first-order valence-electron chi connectivity index (χ1n) is 8.89. The number of hydrogen-bond acceptors (Lipinski definition) is 8. The van der Waals surface area contributed by atoms with Crippen LogP contribution < -0.4 is 5.73 Å². The van der Waals surface area contributed by atoms with Gasteiger partial charge in [0, 0.05) is 22.6 Å². The van der Waals surface area contributed by atoms with Gasteiger partial charge in [-0.2, -0.15) is 0 Å². The molecule has 10 nitrogen and oxygen atoms in total. The molecule has 0 heterocycles. The molecule has 152 valence electrons. The SMILES string of the molecule is CC1C2=C(O)c3cc(O)c(C(N)=O)c(O)c3CC2C(=O)c2c(O)c([N+]#N)cc(O)c21. The van der Waals surface area contributed by atoms with Crippen molar-refractivity contribution in [3.05, 3.63) is 50.5 Å². The van der Waals surface area contributed by atoms with Crippen molar-refractivity contribution >= 4 is 23.1 Å². The highest BCUT2D eigenvalue weighted by molar-refractivity contribution is 6.09. The fraction of sp³-hybridized carbons (Fsp3) is 0.200. The summed E-state index contributed by atoms with van der Waals surface area (Å²) >= 11 is 0. The number of carbonyl (C=O) groups excluding carboxylic acids is 2. The van der Waals surface area contributed by atoms with Crippen LogP contribution in [0.25, 0.3) is 10.7 Å². The fourth-order valence-corrected chi connectivity index (χ4v) is 4.49. The van der Waals surface area contributed by atoms with E-state index in [1.54, 1.807) is 6.92 Å². The van der Waals surface area contributed by atoms with Gasteiger partial charge in [0.05, 0.1) is 17.5 Å². The molecule has 7 N–H and O–H groups in total. The van der Waals surface area contributed by atoms with Crippen LogP contribution in [0.5, 0.6) is 23.0 Å². The van der Waals surface area contributed by atoms with E-state index in [0.717, 1.165) is 12.1 Å². The molecule has 0 saturated heterocycles. The van der Waals surface area contributed by atoms with Crippen molar-refractivity contribution in [2.45, 2.75) is 19.3 Å². The second-order valence-corrected chi connectivity index (χ2v) is 7.31. The Balaban J connectivity index is 2.03. The molecule has 1 amide bonds. The number of hydrogen-bond donors (Lipinski definition) is 6. The minimum Gasteiger partial charge on any atom is -0.507 e. The number of amides is 1. The smallest absolute Gasteiger partial charge is 0.430 e. The zero-order chi connectivity index (χ0) is 22.1. The molecule has 0 radical (unpaired) electrons. The first kappa shape index (κ1) is 19.1. The molecule has 2 atom stereocenters. The Labute approximate surface area is 168 Å². The molecule has 0 spiro atoms. The number of aliphatic hydroxyl groups excluding tert-OH is 1. The number of nitrogens with two attached hydrogens (primary N) is 1. The first-order valence-corrected chi connectivity index (χ1v) is 8.89. The van der Waals surface area contributed by atoms with E-state index in [0.29, 0.717) is 0 Å². The number of diazo groups is 1. The summed E-state index contributed by atoms with van der Waals surface area (Å²) in [7, 11) is 0. The average Bonchev–Trinajstić information content (AvgIpc) is 2.67. The van der Waals surface area contributed by atoms with Crippen LogP contribution in [-0.4, -0.2) is 37.2 Å². The van der Waals surface area contributed by atoms with E-state index in [1.807, 2.05) is 0 Å². The molecular weight excluding hydrogens is 394 g/mol. The Kier molecular flexibility index (Phi) is 3.89. The zero-order valence-electron chi connectivity index (χ0n) is 15.5. The summed E-state index contributed by atoms with van der Waals surface area (Å²) < 4.78 is 0. The molecule has 2 aliphatic carbocycles. The second-order valence-electron chi connectivity index (χ2n) is 7.31. The van der Waals surface area contributed by atoms with Gasteiger partial charge in [0.2, 0.25) is 11.1 Å². The monoisotopic (exact) mass is 410 g/mol. The average molecular weight is 410 g/mol. The maximum atomic E-state index is 13.2. The van der Waals surface area contributed by atoms with Crippen molar-refractivity contribution in [3.8, 4) is 23.0 Å². The van der Waals surface area contributed by atoms with Crippen molar-refractivity contribution in [3.63, 3.8) is 0 Å². The van der Waals surface area contributed by atoms with Gasteiger partial charge in [0.1, 0.15) is 28.6 Å². The van der Waals surface area contributed by atoms with Crippen molar-refractivity contribution in [2.75, 3.05) is 0 Å². The van der Waals surface area contributed by atoms with Crippen LogP contribution in [-0.2, 0) is 6.42 Å². The van der Waals surface area contributed by atoms with Gasteiger partial charge in [0.25, 0.3) is 5.91 Å². The number of fused-ring (bicyclic) bond motifs is 3. The Morgan fingerprint density at radius 1 is 1.13 bits per heavy atom. The molecule has 0 saturated carbocycles. The van der Waals surface area contributed by atoms with Gasteiger partial charge in [-0.1, -0.05) is 6.92 Å². The molecule has 0 aliphatic heterocycles. The number of nitrogens with zero attached hydrogens (tertiary/aromatic N) is 2. The number of aromatic hydroxyl groups is 4. The number of aliphatic hydroxyl groups is 1. The lowest BCUT2D eigenvalue weighted by atomic mass is 9.66. The molecule has 2 aliphatic rings. The van der Waals surface area contributed by atoms with E-state index in [1.165, 1.54) is 0 Å². The molecule has 4 rings (SSSR count). The zero-order valence-corrected chi connectivity index (χ0v) is 15.5. The van der Waals surface area contributed by atoms with E-state index in [4.69, 9.17) is 11.1 Å². The normalized spacial score (nSPS) is 19.5. The fourth-order valence-electron chi connectivity index (χ4n) is 4.49. The molecular formula is C20H16N3O7+. The van der Waals surface area contributed by atoms with E-state index >= 15 is 0 Å². The summed E-state index contributed by atoms with van der Waals surface area (Å²) in [5.74, 6) is -6.27. The van der Waals surface area contributed by atoms with E-state index in [2.05, 4.69) is 4.98 Å². The number of primary amides is 1. The van der Waals surface area contributed by atoms with Crippen LogP contribution in [0.2, 0.25) is 0 Å². The van der Waals surface area contributed by atoms with Gasteiger partial charge in [-0.3, -0.25) is 9.59 Å². The lowest BCUT2D eigenvalue weighted by Gasteiger charge is -2.36. The summed E-state index contributed by atoms with van der Waals surface area (Å²) in [5.41, 5.74) is 4.33. The van der Waals surface area contributed by atoms with Crippen LogP contribution in [0.15, 0.2) is 17.7 Å². The molecule has 0 aromatic heterocycles. The van der Waals surface area contributed by atoms with E-state index in [-0.39, 0.29) is 34.2 Å². The number of ketones is 1. The van der Waals surface area contributed by atoms with Gasteiger partial charge in [-0.25, -0.2) is 0 Å². The largest absolute Gasteiger partial charge is 0.507 e. The standard InChI is InChI=1S/C20H15N3O7/c1-5-12-8(18(28)15-13(5)11(25)4-9(23-22)19(15)29)2-6-7(16(12)26)3-10(24)14(17(6)27)20(21)30/h3-5,8,22H,2H2,1H3,(H5,21,24,26,27,30)/p+1. The lowest BCUT2D eigenvalue weighted by Crippen LogP contribution is -2.33. The maximum Gasteiger partial charge on any atom is 0.430 e. The quantitative estimate of drug-likeness (QED) is 0.305. The van der Waals surface area contributed by atoms with Crippen LogP contribution in [0.3, 0.4) is 0 Å². The minimum atomic E-state index is -1.09. The van der Waals surface area contributed by atoms with Gasteiger partial charge in [-0.15, -0.1) is 0 Å². The van der Waals surface area contributed by atoms with Crippen LogP contribution in [0.4, 0.5) is 5.69 Å². The number of rotatable bonds is 1. The maximum absolute atomic E-state index is 13.2. The topological polar surface area (TPSA) is 189 Å². The van der Waals surface area contributed by atoms with Crippen molar-refractivity contribution in [2.24, 2.45) is 11.7 Å². The predicted molar refractivity (Wildman–Crippen MR) is 102 cm³/mol. The highest BCUT2D eigenvalue weighted by atomic mass is 16.3. The summed E-state index contributed by atoms with van der Waals surface area (Å²) in [5, 5.41) is 61.3. The van der Waals surface area contributed by atoms with Crippen molar-refractivity contribution in [1.29, 1.82) is 5.39 Å². The highest BCUT2D eigenvalue weighted by Gasteiger charge is 2.46. The van der Waals surface area contributed by atoms with Gasteiger partial charge in [0.15, 0.2) is 10.8 Å². The molecule has 0 bridgehead atoms. The third kappa shape index (κ3) is 2.26. The van der Waals surface area contributed by atoms with Crippen molar-refractivity contribution < 1.29 is 35.1 Å². The third-order valence-electron chi connectivity index (χ3n) is 5.81. The molecule has 2 aromatic rings. The molecule has 30 heavy (non-hydrogen) atoms. The van der Waals surface area contributed by atoms with E-state index < -0.39 is 63.5 Å². The van der Waals surface area contributed by atoms with Crippen LogP contribution in [0, 0.1) is 11.3 Å². The number of phenols is 4.